The molecule has 0 spiro atoms. The number of aromatic nitrogens is 2. The van der Waals surface area contributed by atoms with Crippen molar-refractivity contribution < 1.29 is 19.4 Å². The fraction of sp³-hybridized carbons (Fsp3) is 0.182. The van der Waals surface area contributed by atoms with E-state index < -0.39 is 0 Å². The standard InChI is InChI=1S/C22H21N3O4S/c1-13-4-6-17(19(26)8-13)23-21(27)9-14-12-30-22-24-18(11-25(14)22)16-10-15(28-2)5-7-20(16)29-3/h4-8,10-12,26H,9H2,1-3H3,(H,23,27). The Morgan fingerprint density at radius 3 is 2.77 bits per heavy atom. The highest BCUT2D eigenvalue weighted by atomic mass is 32.1. The van der Waals surface area contributed by atoms with E-state index in [2.05, 4.69) is 10.3 Å². The Kier molecular flexibility index (Phi) is 5.33. The van der Waals surface area contributed by atoms with Crippen molar-refractivity contribution in [2.24, 2.45) is 0 Å². The number of benzene rings is 2. The van der Waals surface area contributed by atoms with Crippen LogP contribution in [-0.4, -0.2) is 34.6 Å². The molecule has 7 nitrogen and oxygen atoms in total. The molecule has 1 amide bonds. The molecule has 4 aromatic rings. The predicted octanol–water partition coefficient (Wildman–Crippen LogP) is 4.28. The number of carbonyl (C=O) groups excluding carboxylic acids is 1. The minimum Gasteiger partial charge on any atom is -0.506 e. The summed E-state index contributed by atoms with van der Waals surface area (Å²) in [5, 5.41) is 14.7. The highest BCUT2D eigenvalue weighted by Crippen LogP contribution is 2.34. The van der Waals surface area contributed by atoms with Gasteiger partial charge in [0.1, 0.15) is 17.2 Å². The molecule has 4 rings (SSSR count). The van der Waals surface area contributed by atoms with Crippen LogP contribution in [0.25, 0.3) is 16.2 Å². The summed E-state index contributed by atoms with van der Waals surface area (Å²) in [5.74, 6) is 1.23. The molecular formula is C22H21N3O4S. The first kappa shape index (κ1) is 19.8. The van der Waals surface area contributed by atoms with E-state index in [0.29, 0.717) is 17.2 Å². The van der Waals surface area contributed by atoms with E-state index in [9.17, 15) is 9.90 Å². The molecule has 0 bridgehead atoms. The number of anilines is 1. The Balaban J connectivity index is 1.60. The zero-order chi connectivity index (χ0) is 21.3. The lowest BCUT2D eigenvalue weighted by molar-refractivity contribution is -0.115. The largest absolute Gasteiger partial charge is 0.506 e. The van der Waals surface area contributed by atoms with Gasteiger partial charge < -0.3 is 19.9 Å². The van der Waals surface area contributed by atoms with Gasteiger partial charge in [-0.3, -0.25) is 9.20 Å². The maximum absolute atomic E-state index is 12.5. The van der Waals surface area contributed by atoms with E-state index in [0.717, 1.165) is 27.5 Å². The maximum Gasteiger partial charge on any atom is 0.230 e. The van der Waals surface area contributed by atoms with Crippen molar-refractivity contribution in [3.63, 3.8) is 0 Å². The van der Waals surface area contributed by atoms with Crippen LogP contribution in [0.3, 0.4) is 0 Å². The second-order valence-electron chi connectivity index (χ2n) is 6.82. The number of thiazole rings is 1. The zero-order valence-electron chi connectivity index (χ0n) is 16.8. The summed E-state index contributed by atoms with van der Waals surface area (Å²) in [6.07, 6.45) is 2.04. The Bertz CT molecular complexity index is 1230. The number of carbonyl (C=O) groups is 1. The van der Waals surface area contributed by atoms with E-state index in [4.69, 9.17) is 9.47 Å². The quantitative estimate of drug-likeness (QED) is 0.452. The van der Waals surface area contributed by atoms with Crippen molar-refractivity contribution in [3.8, 4) is 28.5 Å². The minimum atomic E-state index is -0.219. The lowest BCUT2D eigenvalue weighted by atomic mass is 10.1. The summed E-state index contributed by atoms with van der Waals surface area (Å²) in [4.78, 5) is 18.0. The highest BCUT2D eigenvalue weighted by molar-refractivity contribution is 7.15. The molecule has 2 N–H and O–H groups in total. The zero-order valence-corrected chi connectivity index (χ0v) is 17.6. The van der Waals surface area contributed by atoms with Crippen molar-refractivity contribution in [1.82, 2.24) is 9.38 Å². The number of aromatic hydroxyl groups is 1. The smallest absolute Gasteiger partial charge is 0.230 e. The number of phenolic OH excluding ortho intramolecular Hbond substituents is 1. The molecule has 0 saturated carbocycles. The van der Waals surface area contributed by atoms with E-state index in [1.54, 1.807) is 26.4 Å². The molecule has 0 aliphatic carbocycles. The molecule has 30 heavy (non-hydrogen) atoms. The summed E-state index contributed by atoms with van der Waals surface area (Å²) in [6.45, 7) is 1.88. The van der Waals surface area contributed by atoms with Gasteiger partial charge >= 0.3 is 0 Å². The van der Waals surface area contributed by atoms with Crippen molar-refractivity contribution in [2.75, 3.05) is 19.5 Å². The average Bonchev–Trinajstić information content (AvgIpc) is 3.31. The third-order valence-corrected chi connectivity index (χ3v) is 5.62. The van der Waals surface area contributed by atoms with E-state index in [1.807, 2.05) is 47.2 Å². The van der Waals surface area contributed by atoms with E-state index in [-0.39, 0.29) is 18.1 Å². The third-order valence-electron chi connectivity index (χ3n) is 4.73. The van der Waals surface area contributed by atoms with Gasteiger partial charge in [0, 0.05) is 22.8 Å². The first-order valence-corrected chi connectivity index (χ1v) is 10.1. The lowest BCUT2D eigenvalue weighted by Crippen LogP contribution is -2.15. The SMILES string of the molecule is COc1ccc(OC)c(-c2cn3c(CC(=O)Nc4ccc(C)cc4O)csc3n2)c1. The molecule has 2 aromatic carbocycles. The molecule has 8 heteroatoms. The Labute approximate surface area is 177 Å². The number of imidazole rings is 1. The summed E-state index contributed by atoms with van der Waals surface area (Å²) >= 11 is 1.46. The van der Waals surface area contributed by atoms with Gasteiger partial charge in [0.25, 0.3) is 0 Å². The number of aryl methyl sites for hydroxylation is 1. The van der Waals surface area contributed by atoms with Crippen molar-refractivity contribution in [3.05, 3.63) is 59.2 Å². The number of fused-ring (bicyclic) bond motifs is 1. The Hall–Kier alpha value is -3.52. The van der Waals surface area contributed by atoms with E-state index >= 15 is 0 Å². The summed E-state index contributed by atoms with van der Waals surface area (Å²) in [5.41, 5.74) is 3.66. The molecule has 0 fully saturated rings. The molecule has 0 aliphatic heterocycles. The van der Waals surface area contributed by atoms with E-state index in [1.165, 1.54) is 11.3 Å². The molecule has 154 valence electrons. The number of hydrogen-bond acceptors (Lipinski definition) is 6. The van der Waals surface area contributed by atoms with Gasteiger partial charge in [0.2, 0.25) is 5.91 Å². The fourth-order valence-electron chi connectivity index (χ4n) is 3.21. The molecule has 2 heterocycles. The van der Waals surface area contributed by atoms with Crippen molar-refractivity contribution >= 4 is 27.9 Å². The molecule has 0 saturated heterocycles. The number of rotatable bonds is 6. The van der Waals surface area contributed by atoms with Crippen LogP contribution in [0.1, 0.15) is 11.3 Å². The monoisotopic (exact) mass is 423 g/mol. The number of nitrogens with zero attached hydrogens (tertiary/aromatic N) is 2. The van der Waals surface area contributed by atoms with Crippen molar-refractivity contribution in [1.29, 1.82) is 0 Å². The van der Waals surface area contributed by atoms with Crippen LogP contribution < -0.4 is 14.8 Å². The summed E-state index contributed by atoms with van der Waals surface area (Å²) in [6, 6.07) is 10.7. The molecule has 2 aromatic heterocycles. The first-order valence-electron chi connectivity index (χ1n) is 9.26. The summed E-state index contributed by atoms with van der Waals surface area (Å²) in [7, 11) is 3.22. The number of hydrogen-bond donors (Lipinski definition) is 2. The van der Waals surface area contributed by atoms with Gasteiger partial charge in [-0.25, -0.2) is 4.98 Å². The fourth-order valence-corrected chi connectivity index (χ4v) is 4.08. The molecule has 0 atom stereocenters. The Morgan fingerprint density at radius 2 is 2.03 bits per heavy atom. The van der Waals surface area contributed by atoms with Crippen LogP contribution >= 0.6 is 11.3 Å². The number of ether oxygens (including phenoxy) is 2. The van der Waals surface area contributed by atoms with Crippen LogP contribution in [0, 0.1) is 6.92 Å². The van der Waals surface area contributed by atoms with Gasteiger partial charge in [-0.05, 0) is 42.8 Å². The van der Waals surface area contributed by atoms with Crippen molar-refractivity contribution in [2.45, 2.75) is 13.3 Å². The highest BCUT2D eigenvalue weighted by Gasteiger charge is 2.16. The van der Waals surface area contributed by atoms with Crippen LogP contribution in [-0.2, 0) is 11.2 Å². The van der Waals surface area contributed by atoms with Crippen LogP contribution in [0.4, 0.5) is 5.69 Å². The Morgan fingerprint density at radius 1 is 1.20 bits per heavy atom. The predicted molar refractivity (Wildman–Crippen MR) is 117 cm³/mol. The lowest BCUT2D eigenvalue weighted by Gasteiger charge is -2.08. The van der Waals surface area contributed by atoms with Gasteiger partial charge in [-0.1, -0.05) is 6.07 Å². The average molecular weight is 423 g/mol. The molecule has 0 radical (unpaired) electrons. The third kappa shape index (κ3) is 3.81. The number of amides is 1. The summed E-state index contributed by atoms with van der Waals surface area (Å²) < 4.78 is 12.7. The second kappa shape index (κ2) is 8.08. The maximum atomic E-state index is 12.5. The number of methoxy groups -OCH3 is 2. The van der Waals surface area contributed by atoms with Gasteiger partial charge in [-0.2, -0.15) is 0 Å². The first-order chi connectivity index (χ1) is 14.5. The number of phenols is 1. The molecular weight excluding hydrogens is 402 g/mol. The second-order valence-corrected chi connectivity index (χ2v) is 7.65. The van der Waals surface area contributed by atoms with Crippen LogP contribution in [0.15, 0.2) is 48.0 Å². The van der Waals surface area contributed by atoms with Gasteiger partial charge in [0.15, 0.2) is 4.96 Å². The minimum absolute atomic E-state index is 0.0499. The van der Waals surface area contributed by atoms with Crippen LogP contribution in [0.5, 0.6) is 17.2 Å². The van der Waals surface area contributed by atoms with Gasteiger partial charge in [0.05, 0.1) is 32.0 Å². The van der Waals surface area contributed by atoms with Crippen LogP contribution in [0.2, 0.25) is 0 Å². The number of nitrogens with one attached hydrogen (secondary N) is 1. The molecule has 0 aliphatic rings. The molecule has 0 unspecified atom stereocenters. The topological polar surface area (TPSA) is 85.1 Å². The normalized spacial score (nSPS) is 10.9. The van der Waals surface area contributed by atoms with Gasteiger partial charge in [-0.15, -0.1) is 11.3 Å².